The van der Waals surface area contributed by atoms with Gasteiger partial charge in [-0.05, 0) is 45.3 Å². The number of hydrogen-bond donors (Lipinski definition) is 2. The van der Waals surface area contributed by atoms with Gasteiger partial charge in [0, 0.05) is 11.6 Å². The van der Waals surface area contributed by atoms with Gasteiger partial charge in [0.2, 0.25) is 0 Å². The Morgan fingerprint density at radius 2 is 1.82 bits per heavy atom. The summed E-state index contributed by atoms with van der Waals surface area (Å²) in [6.07, 6.45) is 1.68. The highest BCUT2D eigenvalue weighted by atomic mass is 16.7. The first kappa shape index (κ1) is 16.9. The lowest BCUT2D eigenvalue weighted by Gasteiger charge is -2.32. The molecule has 6 heteroatoms. The van der Waals surface area contributed by atoms with Crippen LogP contribution in [0.4, 0.5) is 0 Å². The number of phenols is 1. The summed E-state index contributed by atoms with van der Waals surface area (Å²) in [7, 11) is 0.893. The molecule has 120 valence electrons. The first-order valence-corrected chi connectivity index (χ1v) is 7.24. The van der Waals surface area contributed by atoms with Crippen molar-refractivity contribution in [2.45, 2.75) is 38.9 Å². The molecule has 2 rings (SSSR count). The van der Waals surface area contributed by atoms with Crippen molar-refractivity contribution in [1.82, 2.24) is 0 Å². The number of aliphatic hydroxyl groups excluding tert-OH is 1. The molecule has 1 fully saturated rings. The fourth-order valence-electron chi connectivity index (χ4n) is 2.15. The van der Waals surface area contributed by atoms with Crippen LogP contribution in [-0.2, 0) is 9.31 Å². The van der Waals surface area contributed by atoms with Gasteiger partial charge in [0.1, 0.15) is 11.5 Å². The van der Waals surface area contributed by atoms with Gasteiger partial charge in [-0.25, -0.2) is 0 Å². The maximum absolute atomic E-state index is 10.0. The minimum absolute atomic E-state index is 0.0711. The third-order valence-corrected chi connectivity index (χ3v) is 4.32. The van der Waals surface area contributed by atoms with Crippen molar-refractivity contribution < 1.29 is 24.3 Å². The highest BCUT2D eigenvalue weighted by Crippen LogP contribution is 2.39. The average molecular weight is 306 g/mol. The normalized spacial score (nSPS) is 20.3. The van der Waals surface area contributed by atoms with Crippen LogP contribution in [-0.4, -0.2) is 42.3 Å². The Morgan fingerprint density at radius 3 is 2.27 bits per heavy atom. The number of ether oxygens (including phenoxy) is 1. The molecular formula is C16H23BO5. The summed E-state index contributed by atoms with van der Waals surface area (Å²) in [6.45, 7) is 7.59. The fraction of sp³-hybridized carbons (Fsp3) is 0.500. The van der Waals surface area contributed by atoms with E-state index in [9.17, 15) is 10.2 Å². The second-order valence-electron chi connectivity index (χ2n) is 6.39. The lowest BCUT2D eigenvalue weighted by molar-refractivity contribution is 0.00578. The molecule has 0 aromatic heterocycles. The summed E-state index contributed by atoms with van der Waals surface area (Å²) in [6, 6.07) is 4.98. The lowest BCUT2D eigenvalue weighted by Crippen LogP contribution is -2.41. The van der Waals surface area contributed by atoms with Gasteiger partial charge in [-0.2, -0.15) is 0 Å². The third-order valence-electron chi connectivity index (χ3n) is 4.32. The molecule has 0 spiro atoms. The second kappa shape index (κ2) is 5.95. The molecule has 5 nitrogen and oxygen atoms in total. The van der Waals surface area contributed by atoms with E-state index in [1.165, 1.54) is 13.2 Å². The molecule has 22 heavy (non-hydrogen) atoms. The monoisotopic (exact) mass is 306 g/mol. The summed E-state index contributed by atoms with van der Waals surface area (Å²) >= 11 is 0. The highest BCUT2D eigenvalue weighted by Gasteiger charge is 2.52. The van der Waals surface area contributed by atoms with E-state index in [0.29, 0.717) is 16.8 Å². The van der Waals surface area contributed by atoms with Crippen LogP contribution in [0.3, 0.4) is 0 Å². The van der Waals surface area contributed by atoms with Crippen molar-refractivity contribution in [1.29, 1.82) is 0 Å². The largest absolute Gasteiger partial charge is 0.507 e. The Kier molecular flexibility index (Phi) is 4.56. The molecule has 0 radical (unpaired) electrons. The molecule has 0 saturated carbocycles. The first-order valence-electron chi connectivity index (χ1n) is 7.24. The predicted octanol–water partition coefficient (Wildman–Crippen LogP) is 2.41. The molecule has 1 aliphatic heterocycles. The Morgan fingerprint density at radius 1 is 1.23 bits per heavy atom. The zero-order chi connectivity index (χ0) is 16.5. The van der Waals surface area contributed by atoms with Crippen molar-refractivity contribution in [3.8, 4) is 11.5 Å². The van der Waals surface area contributed by atoms with E-state index < -0.39 is 18.3 Å². The van der Waals surface area contributed by atoms with E-state index in [2.05, 4.69) is 0 Å². The quantitative estimate of drug-likeness (QED) is 0.836. The van der Waals surface area contributed by atoms with Gasteiger partial charge in [0.25, 0.3) is 0 Å². The van der Waals surface area contributed by atoms with E-state index in [-0.39, 0.29) is 12.4 Å². The topological polar surface area (TPSA) is 68.2 Å². The molecule has 0 amide bonds. The van der Waals surface area contributed by atoms with Crippen LogP contribution in [0, 0.1) is 0 Å². The van der Waals surface area contributed by atoms with E-state index in [1.54, 1.807) is 18.2 Å². The van der Waals surface area contributed by atoms with E-state index >= 15 is 0 Å². The Bertz CT molecular complexity index is 564. The molecule has 1 heterocycles. The van der Waals surface area contributed by atoms with Gasteiger partial charge in [0.15, 0.2) is 0 Å². The van der Waals surface area contributed by atoms with Gasteiger partial charge < -0.3 is 24.3 Å². The average Bonchev–Trinajstić information content (AvgIpc) is 2.65. The van der Waals surface area contributed by atoms with Crippen LogP contribution in [0.15, 0.2) is 23.7 Å². The summed E-state index contributed by atoms with van der Waals surface area (Å²) < 4.78 is 16.9. The number of methoxy groups -OCH3 is 1. The minimum Gasteiger partial charge on any atom is -0.507 e. The molecule has 2 N–H and O–H groups in total. The van der Waals surface area contributed by atoms with E-state index in [4.69, 9.17) is 14.0 Å². The zero-order valence-electron chi connectivity index (χ0n) is 13.7. The minimum atomic E-state index is -0.642. The number of benzene rings is 1. The van der Waals surface area contributed by atoms with Gasteiger partial charge in [-0.15, -0.1) is 0 Å². The number of rotatable bonds is 4. The van der Waals surface area contributed by atoms with Crippen LogP contribution in [0.1, 0.15) is 33.3 Å². The number of aromatic hydroxyl groups is 1. The predicted molar refractivity (Wildman–Crippen MR) is 85.8 cm³/mol. The van der Waals surface area contributed by atoms with Crippen molar-refractivity contribution >= 4 is 13.2 Å². The Hall–Kier alpha value is -1.50. The molecular weight excluding hydrogens is 283 g/mol. The number of phenolic OH excluding ortho intramolecular Hbond substituents is 1. The van der Waals surface area contributed by atoms with Gasteiger partial charge in [-0.3, -0.25) is 0 Å². The van der Waals surface area contributed by atoms with Crippen LogP contribution < -0.4 is 4.74 Å². The van der Waals surface area contributed by atoms with Gasteiger partial charge in [-0.1, -0.05) is 6.08 Å². The Labute approximate surface area is 131 Å². The maximum Gasteiger partial charge on any atom is 0.492 e. The molecule has 1 saturated heterocycles. The smallest absolute Gasteiger partial charge is 0.492 e. The number of aliphatic hydroxyl groups is 1. The molecule has 0 aliphatic carbocycles. The van der Waals surface area contributed by atoms with E-state index in [0.717, 1.165) is 0 Å². The summed E-state index contributed by atoms with van der Waals surface area (Å²) in [5.41, 5.74) is 0.167. The van der Waals surface area contributed by atoms with Gasteiger partial charge >= 0.3 is 7.12 Å². The van der Waals surface area contributed by atoms with Crippen LogP contribution in [0.2, 0.25) is 0 Å². The summed E-state index contributed by atoms with van der Waals surface area (Å²) in [4.78, 5) is 0. The highest BCUT2D eigenvalue weighted by molar-refractivity contribution is 6.55. The third kappa shape index (κ3) is 3.14. The van der Waals surface area contributed by atoms with Crippen molar-refractivity contribution in [2.75, 3.05) is 13.7 Å². The second-order valence-corrected chi connectivity index (χ2v) is 6.39. The maximum atomic E-state index is 10.0. The van der Waals surface area contributed by atoms with Crippen molar-refractivity contribution in [2.24, 2.45) is 0 Å². The standard InChI is InChI=1S/C16H23BO5/c1-15(2)16(3,4)22-17(21-15)12(10-18)8-11-6-7-13(20-5)9-14(11)19/h6-9,18-19H,10H2,1-5H3. The fourth-order valence-corrected chi connectivity index (χ4v) is 2.15. The molecule has 0 atom stereocenters. The first-order chi connectivity index (χ1) is 10.2. The number of hydrogen-bond acceptors (Lipinski definition) is 5. The molecule has 1 aliphatic rings. The molecule has 1 aromatic carbocycles. The summed E-state index contributed by atoms with van der Waals surface area (Å²) in [5, 5.41) is 19.7. The van der Waals surface area contributed by atoms with Crippen LogP contribution >= 0.6 is 0 Å². The lowest BCUT2D eigenvalue weighted by atomic mass is 9.77. The molecule has 0 unspecified atom stereocenters. The molecule has 0 bridgehead atoms. The Balaban J connectivity index is 2.29. The SMILES string of the molecule is COc1ccc(C=C(CO)B2OC(C)(C)C(C)(C)O2)c(O)c1. The van der Waals surface area contributed by atoms with Crippen LogP contribution in [0.25, 0.3) is 6.08 Å². The van der Waals surface area contributed by atoms with Crippen molar-refractivity contribution in [3.63, 3.8) is 0 Å². The molecule has 1 aromatic rings. The van der Waals surface area contributed by atoms with Crippen molar-refractivity contribution in [3.05, 3.63) is 29.2 Å². The van der Waals surface area contributed by atoms with Gasteiger partial charge in [0.05, 0.1) is 24.9 Å². The van der Waals surface area contributed by atoms with Crippen LogP contribution in [0.5, 0.6) is 11.5 Å². The summed E-state index contributed by atoms with van der Waals surface area (Å²) in [5.74, 6) is 0.637. The van der Waals surface area contributed by atoms with E-state index in [1.807, 2.05) is 27.7 Å². The zero-order valence-corrected chi connectivity index (χ0v) is 13.7.